The van der Waals surface area contributed by atoms with Crippen LogP contribution in [0, 0.1) is 0 Å². The Morgan fingerprint density at radius 1 is 1.27 bits per heavy atom. The first-order valence-electron chi connectivity index (χ1n) is 8.57. The molecule has 1 unspecified atom stereocenters. The fourth-order valence-electron chi connectivity index (χ4n) is 2.96. The summed E-state index contributed by atoms with van der Waals surface area (Å²) in [4.78, 5) is 12.5. The number of carbonyl (C=O) groups is 1. The number of ketones is 1. The number of carbonyl (C=O) groups excluding carboxylic acids is 1. The molecular formula is C18H19N5O2S. The lowest BCUT2D eigenvalue weighted by molar-refractivity contribution is 0.0966. The molecule has 0 spiro atoms. The highest BCUT2D eigenvalue weighted by molar-refractivity contribution is 7.99. The summed E-state index contributed by atoms with van der Waals surface area (Å²) >= 11 is 1.34. The predicted octanol–water partition coefficient (Wildman–Crippen LogP) is 2.62. The molecular weight excluding hydrogens is 350 g/mol. The van der Waals surface area contributed by atoms with Crippen LogP contribution >= 0.6 is 11.8 Å². The van der Waals surface area contributed by atoms with Gasteiger partial charge in [0.1, 0.15) is 0 Å². The first-order valence-corrected chi connectivity index (χ1v) is 9.55. The molecule has 3 heterocycles. The van der Waals surface area contributed by atoms with E-state index in [4.69, 9.17) is 4.74 Å². The third-order valence-corrected chi connectivity index (χ3v) is 5.20. The van der Waals surface area contributed by atoms with E-state index in [0.29, 0.717) is 10.7 Å². The summed E-state index contributed by atoms with van der Waals surface area (Å²) in [5.41, 5.74) is 1.57. The quantitative estimate of drug-likeness (QED) is 0.471. The molecule has 0 bridgehead atoms. The molecule has 8 heteroatoms. The zero-order chi connectivity index (χ0) is 17.8. The average molecular weight is 369 g/mol. The number of Topliss-reactive ketones (excluding diaryl/α,β-unsaturated/α-hetero) is 1. The van der Waals surface area contributed by atoms with Gasteiger partial charge in [0.2, 0.25) is 5.16 Å². The Bertz CT molecular complexity index is 871. The van der Waals surface area contributed by atoms with Crippen molar-refractivity contribution in [3.05, 3.63) is 54.4 Å². The fraction of sp³-hybridized carbons (Fsp3) is 0.333. The molecule has 0 radical (unpaired) electrons. The number of ether oxygens (including phenoxy) is 1. The van der Waals surface area contributed by atoms with Crippen molar-refractivity contribution >= 4 is 17.5 Å². The summed E-state index contributed by atoms with van der Waals surface area (Å²) in [6, 6.07) is 11.5. The molecule has 1 aliphatic heterocycles. The Kier molecular flexibility index (Phi) is 5.12. The third-order valence-electron chi connectivity index (χ3n) is 4.28. The molecule has 134 valence electrons. The smallest absolute Gasteiger partial charge is 0.214 e. The summed E-state index contributed by atoms with van der Waals surface area (Å²) < 4.78 is 9.31. The summed E-state index contributed by atoms with van der Waals surface area (Å²) in [6.07, 6.45) is 6.29. The van der Waals surface area contributed by atoms with Crippen molar-refractivity contribution in [3.63, 3.8) is 0 Å². The van der Waals surface area contributed by atoms with E-state index in [0.717, 1.165) is 31.7 Å². The van der Waals surface area contributed by atoms with Crippen molar-refractivity contribution in [3.8, 4) is 5.69 Å². The molecule has 2 aromatic heterocycles. The van der Waals surface area contributed by atoms with Crippen LogP contribution in [0.2, 0.25) is 0 Å². The molecule has 1 saturated heterocycles. The van der Waals surface area contributed by atoms with E-state index in [9.17, 15) is 4.79 Å². The zero-order valence-corrected chi connectivity index (χ0v) is 15.0. The minimum atomic E-state index is 0.0590. The monoisotopic (exact) mass is 369 g/mol. The first kappa shape index (κ1) is 17.0. The van der Waals surface area contributed by atoms with Gasteiger partial charge in [0.15, 0.2) is 5.78 Å². The number of hydrogen-bond acceptors (Lipinski definition) is 6. The number of hydrogen-bond donors (Lipinski definition) is 0. The number of rotatable bonds is 7. The maximum Gasteiger partial charge on any atom is 0.214 e. The van der Waals surface area contributed by atoms with Gasteiger partial charge in [0, 0.05) is 31.1 Å². The van der Waals surface area contributed by atoms with E-state index in [1.54, 1.807) is 4.68 Å². The number of thioether (sulfide) groups is 1. The molecule has 0 N–H and O–H groups in total. The van der Waals surface area contributed by atoms with Gasteiger partial charge in [0.05, 0.1) is 17.5 Å². The van der Waals surface area contributed by atoms with Crippen molar-refractivity contribution in [2.75, 3.05) is 12.4 Å². The summed E-state index contributed by atoms with van der Waals surface area (Å²) in [5.74, 6) is 0.348. The number of tetrazole rings is 1. The van der Waals surface area contributed by atoms with Gasteiger partial charge in [0.25, 0.3) is 0 Å². The lowest BCUT2D eigenvalue weighted by atomic mass is 10.2. The van der Waals surface area contributed by atoms with Crippen LogP contribution in [0.3, 0.4) is 0 Å². The minimum Gasteiger partial charge on any atom is -0.376 e. The van der Waals surface area contributed by atoms with E-state index in [1.165, 1.54) is 11.8 Å². The summed E-state index contributed by atoms with van der Waals surface area (Å²) in [5, 5.41) is 12.4. The highest BCUT2D eigenvalue weighted by Gasteiger charge is 2.17. The van der Waals surface area contributed by atoms with Crippen LogP contribution in [-0.4, -0.2) is 49.0 Å². The van der Waals surface area contributed by atoms with Crippen molar-refractivity contribution in [2.45, 2.75) is 30.6 Å². The van der Waals surface area contributed by atoms with Gasteiger partial charge in [-0.05, 0) is 41.5 Å². The lowest BCUT2D eigenvalue weighted by Gasteiger charge is -2.09. The van der Waals surface area contributed by atoms with Crippen molar-refractivity contribution in [1.29, 1.82) is 0 Å². The highest BCUT2D eigenvalue weighted by Crippen LogP contribution is 2.20. The SMILES string of the molecule is O=C(CSc1nnnn1-c1ccccc1)c1ccn(CC2CCCO2)c1. The highest BCUT2D eigenvalue weighted by atomic mass is 32.2. The lowest BCUT2D eigenvalue weighted by Crippen LogP contribution is -2.13. The van der Waals surface area contributed by atoms with Gasteiger partial charge >= 0.3 is 0 Å². The molecule has 0 aliphatic carbocycles. The molecule has 1 atom stereocenters. The van der Waals surface area contributed by atoms with E-state index in [2.05, 4.69) is 15.5 Å². The molecule has 3 aromatic rings. The Morgan fingerprint density at radius 2 is 2.15 bits per heavy atom. The van der Waals surface area contributed by atoms with Gasteiger partial charge in [-0.1, -0.05) is 30.0 Å². The van der Waals surface area contributed by atoms with Gasteiger partial charge in [-0.3, -0.25) is 4.79 Å². The first-order chi connectivity index (χ1) is 12.8. The second-order valence-corrected chi connectivity index (χ2v) is 7.10. The molecule has 1 fully saturated rings. The normalized spacial score (nSPS) is 16.8. The van der Waals surface area contributed by atoms with Crippen molar-refractivity contribution in [2.24, 2.45) is 0 Å². The summed E-state index contributed by atoms with van der Waals surface area (Å²) in [6.45, 7) is 1.64. The number of benzene rings is 1. The maximum atomic E-state index is 12.5. The molecule has 1 aromatic carbocycles. The standard InChI is InChI=1S/C18H19N5O2S/c24-17(14-8-9-22(11-14)12-16-7-4-10-25-16)13-26-18-19-20-21-23(18)15-5-2-1-3-6-15/h1-3,5-6,8-9,11,16H,4,7,10,12-13H2. The number of nitrogens with zero attached hydrogens (tertiary/aromatic N) is 5. The van der Waals surface area contributed by atoms with Crippen LogP contribution in [0.15, 0.2) is 53.9 Å². The Morgan fingerprint density at radius 3 is 2.96 bits per heavy atom. The predicted molar refractivity (Wildman–Crippen MR) is 97.6 cm³/mol. The van der Waals surface area contributed by atoms with Crippen LogP contribution in [-0.2, 0) is 11.3 Å². The second-order valence-electron chi connectivity index (χ2n) is 6.15. The largest absolute Gasteiger partial charge is 0.376 e. The topological polar surface area (TPSA) is 74.8 Å². The zero-order valence-electron chi connectivity index (χ0n) is 14.2. The number of aromatic nitrogens is 5. The van der Waals surface area contributed by atoms with Crippen LogP contribution in [0.1, 0.15) is 23.2 Å². The fourth-order valence-corrected chi connectivity index (χ4v) is 3.74. The third kappa shape index (κ3) is 3.86. The van der Waals surface area contributed by atoms with E-state index in [-0.39, 0.29) is 17.6 Å². The van der Waals surface area contributed by atoms with E-state index >= 15 is 0 Å². The average Bonchev–Trinajstić information content (AvgIpc) is 3.43. The van der Waals surface area contributed by atoms with Crippen molar-refractivity contribution < 1.29 is 9.53 Å². The minimum absolute atomic E-state index is 0.0590. The van der Waals surface area contributed by atoms with Crippen LogP contribution in [0.5, 0.6) is 0 Å². The molecule has 7 nitrogen and oxygen atoms in total. The van der Waals surface area contributed by atoms with Crippen molar-refractivity contribution in [1.82, 2.24) is 24.8 Å². The van der Waals surface area contributed by atoms with Gasteiger partial charge < -0.3 is 9.30 Å². The Hall–Kier alpha value is -2.45. The van der Waals surface area contributed by atoms with Gasteiger partial charge in [-0.25, -0.2) is 0 Å². The van der Waals surface area contributed by atoms with E-state index in [1.807, 2.05) is 53.4 Å². The van der Waals surface area contributed by atoms with Gasteiger partial charge in [-0.2, -0.15) is 4.68 Å². The molecule has 0 saturated carbocycles. The Labute approximate surface area is 155 Å². The molecule has 4 rings (SSSR count). The molecule has 1 aliphatic rings. The van der Waals surface area contributed by atoms with E-state index < -0.39 is 0 Å². The maximum absolute atomic E-state index is 12.5. The van der Waals surface area contributed by atoms with Crippen LogP contribution in [0.25, 0.3) is 5.69 Å². The summed E-state index contributed by atoms with van der Waals surface area (Å²) in [7, 11) is 0. The Balaban J connectivity index is 1.37. The van der Waals surface area contributed by atoms with Crippen LogP contribution in [0.4, 0.5) is 0 Å². The molecule has 26 heavy (non-hydrogen) atoms. The van der Waals surface area contributed by atoms with Gasteiger partial charge in [-0.15, -0.1) is 5.10 Å². The second kappa shape index (κ2) is 7.84. The number of para-hydroxylation sites is 1. The van der Waals surface area contributed by atoms with Crippen LogP contribution < -0.4 is 0 Å². The molecule has 0 amide bonds.